The van der Waals surface area contributed by atoms with Gasteiger partial charge in [-0.3, -0.25) is 4.79 Å². The fourth-order valence-corrected chi connectivity index (χ4v) is 2.97. The van der Waals surface area contributed by atoms with Gasteiger partial charge in [-0.25, -0.2) is 19.9 Å². The molecule has 7 nitrogen and oxygen atoms in total. The van der Waals surface area contributed by atoms with Gasteiger partial charge < -0.3 is 9.47 Å². The molecule has 0 amide bonds. The van der Waals surface area contributed by atoms with Gasteiger partial charge >= 0.3 is 12.7 Å². The zero-order valence-electron chi connectivity index (χ0n) is 17.7. The van der Waals surface area contributed by atoms with Gasteiger partial charge in [0.05, 0.1) is 11.1 Å². The Bertz CT molecular complexity index is 1230. The smallest absolute Gasteiger partial charge is 0.406 e. The molecule has 0 saturated carbocycles. The van der Waals surface area contributed by atoms with E-state index in [4.69, 9.17) is 0 Å². The molecule has 0 N–H and O–H groups in total. The van der Waals surface area contributed by atoms with E-state index in [0.29, 0.717) is 11.1 Å². The van der Waals surface area contributed by atoms with E-state index in [1.54, 1.807) is 0 Å². The lowest BCUT2D eigenvalue weighted by molar-refractivity contribution is -0.275. The molecule has 0 atom stereocenters. The first-order valence-corrected chi connectivity index (χ1v) is 9.88. The molecule has 0 fully saturated rings. The van der Waals surface area contributed by atoms with Gasteiger partial charge in [-0.1, -0.05) is 0 Å². The van der Waals surface area contributed by atoms with Gasteiger partial charge in [0.25, 0.3) is 0 Å². The number of ketones is 1. The highest BCUT2D eigenvalue weighted by Crippen LogP contribution is 2.26. The number of alkyl halides is 6. The third-order valence-electron chi connectivity index (χ3n) is 4.52. The molecule has 184 valence electrons. The SMILES string of the molecule is O=C(c1cnc(-c2ccc(OC(F)(F)F)cc2)nc1)c1cnc(-c2ccc(OC(F)(F)F)cc2)nc1. The fourth-order valence-electron chi connectivity index (χ4n) is 2.97. The van der Waals surface area contributed by atoms with Crippen molar-refractivity contribution in [2.45, 2.75) is 12.7 Å². The minimum atomic E-state index is -4.81. The summed E-state index contributed by atoms with van der Waals surface area (Å²) in [4.78, 5) is 29.0. The molecule has 0 saturated heterocycles. The van der Waals surface area contributed by atoms with Crippen molar-refractivity contribution in [3.05, 3.63) is 84.4 Å². The quantitative estimate of drug-likeness (QED) is 0.248. The molecule has 0 aliphatic heterocycles. The Labute approximate surface area is 198 Å². The summed E-state index contributed by atoms with van der Waals surface area (Å²) in [5, 5.41) is 0. The highest BCUT2D eigenvalue weighted by Gasteiger charge is 2.31. The Hall–Kier alpha value is -4.55. The zero-order valence-corrected chi connectivity index (χ0v) is 17.7. The molecule has 0 spiro atoms. The number of aromatic nitrogens is 4. The molecule has 0 aliphatic rings. The number of nitrogens with zero attached hydrogens (tertiary/aromatic N) is 4. The first-order chi connectivity index (χ1) is 17.0. The van der Waals surface area contributed by atoms with Crippen molar-refractivity contribution in [3.8, 4) is 34.3 Å². The van der Waals surface area contributed by atoms with Crippen LogP contribution in [0.1, 0.15) is 15.9 Å². The van der Waals surface area contributed by atoms with Crippen LogP contribution in [-0.2, 0) is 0 Å². The fraction of sp³-hybridized carbons (Fsp3) is 0.0870. The number of hydrogen-bond acceptors (Lipinski definition) is 7. The van der Waals surface area contributed by atoms with Crippen molar-refractivity contribution in [3.63, 3.8) is 0 Å². The van der Waals surface area contributed by atoms with E-state index in [-0.39, 0.29) is 22.8 Å². The maximum absolute atomic E-state index is 12.7. The first kappa shape index (κ1) is 24.6. The Morgan fingerprint density at radius 3 is 1.14 bits per heavy atom. The number of benzene rings is 2. The highest BCUT2D eigenvalue weighted by atomic mass is 19.4. The van der Waals surface area contributed by atoms with Crippen LogP contribution in [0.5, 0.6) is 11.5 Å². The lowest BCUT2D eigenvalue weighted by Gasteiger charge is -2.09. The number of carbonyl (C=O) groups is 1. The largest absolute Gasteiger partial charge is 0.573 e. The average molecular weight is 506 g/mol. The number of hydrogen-bond donors (Lipinski definition) is 0. The van der Waals surface area contributed by atoms with Crippen LogP contribution in [0, 0.1) is 0 Å². The van der Waals surface area contributed by atoms with E-state index in [1.165, 1.54) is 49.1 Å². The van der Waals surface area contributed by atoms with Crippen molar-refractivity contribution in [2.24, 2.45) is 0 Å². The van der Waals surface area contributed by atoms with Crippen LogP contribution in [0.3, 0.4) is 0 Å². The molecule has 2 aromatic carbocycles. The second kappa shape index (κ2) is 9.60. The summed E-state index contributed by atoms with van der Waals surface area (Å²) < 4.78 is 81.2. The van der Waals surface area contributed by atoms with E-state index >= 15 is 0 Å². The van der Waals surface area contributed by atoms with Crippen LogP contribution < -0.4 is 9.47 Å². The summed E-state index contributed by atoms with van der Waals surface area (Å²) in [7, 11) is 0. The number of rotatable bonds is 6. The normalized spacial score (nSPS) is 11.7. The predicted molar refractivity (Wildman–Crippen MR) is 112 cm³/mol. The molecular weight excluding hydrogens is 494 g/mol. The molecule has 0 bridgehead atoms. The van der Waals surface area contributed by atoms with E-state index < -0.39 is 30.0 Å². The van der Waals surface area contributed by atoms with Crippen LogP contribution in [0.15, 0.2) is 73.3 Å². The van der Waals surface area contributed by atoms with E-state index in [9.17, 15) is 31.1 Å². The average Bonchev–Trinajstić information content (AvgIpc) is 2.83. The van der Waals surface area contributed by atoms with Crippen molar-refractivity contribution in [1.29, 1.82) is 0 Å². The lowest BCUT2D eigenvalue weighted by Crippen LogP contribution is -2.16. The van der Waals surface area contributed by atoms with Gasteiger partial charge in [-0.05, 0) is 48.5 Å². The number of halogens is 6. The standard InChI is InChI=1S/C23H12F6N4O3/c24-22(25,26)35-17-5-1-13(2-6-17)20-30-9-15(10-31-20)19(34)16-11-32-21(33-12-16)14-3-7-18(8-4-14)36-23(27,28)29/h1-12H. The molecule has 2 heterocycles. The minimum absolute atomic E-state index is 0.112. The topological polar surface area (TPSA) is 87.1 Å². The van der Waals surface area contributed by atoms with Crippen molar-refractivity contribution >= 4 is 5.78 Å². The lowest BCUT2D eigenvalue weighted by atomic mass is 10.1. The molecule has 13 heteroatoms. The molecule has 2 aromatic heterocycles. The Balaban J connectivity index is 1.44. The van der Waals surface area contributed by atoms with Crippen molar-refractivity contribution in [2.75, 3.05) is 0 Å². The van der Waals surface area contributed by atoms with Gasteiger partial charge in [0.2, 0.25) is 0 Å². The zero-order chi connectivity index (χ0) is 25.9. The molecule has 4 rings (SSSR count). The first-order valence-electron chi connectivity index (χ1n) is 9.88. The Morgan fingerprint density at radius 1 is 0.556 bits per heavy atom. The predicted octanol–water partition coefficient (Wildman–Crippen LogP) is 5.63. The van der Waals surface area contributed by atoms with Gasteiger partial charge in [0.1, 0.15) is 11.5 Å². The third kappa shape index (κ3) is 6.31. The molecular formula is C23H12F6N4O3. The summed E-state index contributed by atoms with van der Waals surface area (Å²) in [6.07, 6.45) is -4.62. The number of carbonyl (C=O) groups excluding carboxylic acids is 1. The summed E-state index contributed by atoms with van der Waals surface area (Å²) in [6.45, 7) is 0. The van der Waals surface area contributed by atoms with Gasteiger partial charge in [0, 0.05) is 35.9 Å². The summed E-state index contributed by atoms with van der Waals surface area (Å²) in [6, 6.07) is 9.81. The monoisotopic (exact) mass is 506 g/mol. The maximum atomic E-state index is 12.7. The molecule has 0 unspecified atom stereocenters. The van der Waals surface area contributed by atoms with E-state index in [2.05, 4.69) is 29.4 Å². The Kier molecular flexibility index (Phi) is 6.55. The Morgan fingerprint density at radius 2 is 0.861 bits per heavy atom. The van der Waals surface area contributed by atoms with Crippen LogP contribution in [0.4, 0.5) is 26.3 Å². The van der Waals surface area contributed by atoms with Crippen LogP contribution >= 0.6 is 0 Å². The summed E-state index contributed by atoms with van der Waals surface area (Å²) in [5.74, 6) is -0.931. The number of ether oxygens (including phenoxy) is 2. The highest BCUT2D eigenvalue weighted by molar-refractivity contribution is 6.08. The second-order valence-electron chi connectivity index (χ2n) is 7.06. The van der Waals surface area contributed by atoms with Gasteiger partial charge in [0.15, 0.2) is 17.4 Å². The summed E-state index contributed by atoms with van der Waals surface area (Å²) in [5.41, 5.74) is 1.03. The molecule has 0 radical (unpaired) electrons. The molecule has 4 aromatic rings. The van der Waals surface area contributed by atoms with Crippen molar-refractivity contribution < 1.29 is 40.6 Å². The van der Waals surface area contributed by atoms with Crippen LogP contribution in [0.2, 0.25) is 0 Å². The molecule has 36 heavy (non-hydrogen) atoms. The van der Waals surface area contributed by atoms with Crippen molar-refractivity contribution in [1.82, 2.24) is 19.9 Å². The summed E-state index contributed by atoms with van der Waals surface area (Å²) >= 11 is 0. The van der Waals surface area contributed by atoms with E-state index in [1.807, 2.05) is 0 Å². The molecule has 0 aliphatic carbocycles. The maximum Gasteiger partial charge on any atom is 0.573 e. The second-order valence-corrected chi connectivity index (χ2v) is 7.06. The van der Waals surface area contributed by atoms with Gasteiger partial charge in [-0.15, -0.1) is 26.3 Å². The van der Waals surface area contributed by atoms with Crippen LogP contribution in [-0.4, -0.2) is 38.4 Å². The minimum Gasteiger partial charge on any atom is -0.406 e. The van der Waals surface area contributed by atoms with Crippen LogP contribution in [0.25, 0.3) is 22.8 Å². The third-order valence-corrected chi connectivity index (χ3v) is 4.52. The van der Waals surface area contributed by atoms with E-state index in [0.717, 1.165) is 24.3 Å². The van der Waals surface area contributed by atoms with Gasteiger partial charge in [-0.2, -0.15) is 0 Å².